The van der Waals surface area contributed by atoms with E-state index in [-0.39, 0.29) is 25.7 Å². The molecule has 1 saturated carbocycles. The lowest BCUT2D eigenvalue weighted by Gasteiger charge is -2.50. The van der Waals surface area contributed by atoms with Crippen molar-refractivity contribution in [1.29, 1.82) is 0 Å². The van der Waals surface area contributed by atoms with Crippen LogP contribution in [-0.4, -0.2) is 205 Å². The SMILES string of the molecule is CCCCCCCCCCCCCCCCCC(=O)OCC(COP(=O)(O)OC1C(OC2OC(CO)C(O)C(O)C2O)C(O)C(O)C(OC(=O)CCCCCCCCC(C)CCCCCCCC)C1OC1OC(COC(=O)CCCCCCCCCCCCCCCCC)C(O)C(O)C1O)OC(=O)CCCCCCCCCCCCCCC. The summed E-state index contributed by atoms with van der Waals surface area (Å²) in [4.78, 5) is 66.5. The van der Waals surface area contributed by atoms with Crippen molar-refractivity contribution in [3.63, 3.8) is 0 Å². The molecule has 3 rings (SSSR count). The van der Waals surface area contributed by atoms with Gasteiger partial charge in [-0.05, 0) is 31.6 Å². The molecule has 2 saturated heterocycles. The summed E-state index contributed by atoms with van der Waals surface area (Å²) in [6.45, 7) is 7.94. The number of unbranched alkanes of at least 4 members (excludes halogenated alkanes) is 50. The first-order chi connectivity index (χ1) is 57.1. The molecule has 0 spiro atoms. The van der Waals surface area contributed by atoms with Crippen LogP contribution in [0, 0.1) is 5.92 Å². The van der Waals surface area contributed by atoms with E-state index in [9.17, 15) is 74.6 Å². The van der Waals surface area contributed by atoms with E-state index >= 15 is 0 Å². The van der Waals surface area contributed by atoms with Crippen LogP contribution in [0.3, 0.4) is 0 Å². The van der Waals surface area contributed by atoms with Crippen LogP contribution in [0.15, 0.2) is 0 Å². The number of rotatable bonds is 78. The average Bonchev–Trinajstić information content (AvgIpc) is 0.753. The molecule has 19 unspecified atom stereocenters. The van der Waals surface area contributed by atoms with Crippen LogP contribution >= 0.6 is 7.82 Å². The molecule has 10 N–H and O–H groups in total. The first kappa shape index (κ1) is 110. The number of aliphatic hydroxyl groups is 9. The van der Waals surface area contributed by atoms with Gasteiger partial charge in [-0.25, -0.2) is 4.57 Å². The number of esters is 4. The molecule has 3 aliphatic rings. The fourth-order valence-corrected chi connectivity index (χ4v) is 17.2. The maximum absolute atomic E-state index is 14.9. The van der Waals surface area contributed by atoms with Crippen LogP contribution in [0.5, 0.6) is 0 Å². The van der Waals surface area contributed by atoms with Gasteiger partial charge in [0, 0.05) is 25.7 Å². The van der Waals surface area contributed by atoms with E-state index in [4.69, 9.17) is 46.9 Å². The van der Waals surface area contributed by atoms with Gasteiger partial charge in [-0.1, -0.05) is 375 Å². The van der Waals surface area contributed by atoms with Gasteiger partial charge >= 0.3 is 31.7 Å². The number of hydrogen-bond donors (Lipinski definition) is 10. The smallest absolute Gasteiger partial charge is 0.463 e. The van der Waals surface area contributed by atoms with Crippen molar-refractivity contribution < 1.29 is 122 Å². The average molecular weight is 1710 g/mol. The fourth-order valence-electron chi connectivity index (χ4n) is 16.3. The molecular weight excluding hydrogens is 1540 g/mol. The topological polar surface area (TPSA) is 380 Å². The molecule has 1 aliphatic carbocycles. The summed E-state index contributed by atoms with van der Waals surface area (Å²) in [7, 11) is -5.80. The summed E-state index contributed by atoms with van der Waals surface area (Å²) < 4.78 is 73.6. The zero-order chi connectivity index (χ0) is 86.2. The molecule has 3 fully saturated rings. The molecule has 26 heteroatoms. The van der Waals surface area contributed by atoms with Crippen molar-refractivity contribution in [3.05, 3.63) is 0 Å². The molecule has 696 valence electrons. The Kier molecular flexibility index (Phi) is 65.6. The Balaban J connectivity index is 1.91. The Labute approximate surface area is 712 Å². The Morgan fingerprint density at radius 3 is 1.01 bits per heavy atom. The highest BCUT2D eigenvalue weighted by atomic mass is 31.2. The predicted molar refractivity (Wildman–Crippen MR) is 458 cm³/mol. The van der Waals surface area contributed by atoms with E-state index in [1.165, 1.54) is 205 Å². The highest BCUT2D eigenvalue weighted by Crippen LogP contribution is 2.49. The third-order valence-electron chi connectivity index (χ3n) is 24.0. The summed E-state index contributed by atoms with van der Waals surface area (Å²) in [5, 5.41) is 102. The zero-order valence-electron chi connectivity index (χ0n) is 74.4. The second-order valence-corrected chi connectivity index (χ2v) is 36.3. The molecular formula is C92H173O25P. The summed E-state index contributed by atoms with van der Waals surface area (Å²) in [5.41, 5.74) is 0. The zero-order valence-corrected chi connectivity index (χ0v) is 75.3. The maximum Gasteiger partial charge on any atom is 0.472 e. The molecule has 0 bridgehead atoms. The number of phosphoric acid groups is 1. The lowest BCUT2D eigenvalue weighted by molar-refractivity contribution is -0.360. The van der Waals surface area contributed by atoms with E-state index < -0.39 is 162 Å². The Bertz CT molecular complexity index is 2470. The quantitative estimate of drug-likeness (QED) is 0.0117. The van der Waals surface area contributed by atoms with Crippen LogP contribution in [0.25, 0.3) is 0 Å². The van der Waals surface area contributed by atoms with Crippen LogP contribution in [0.1, 0.15) is 426 Å². The first-order valence-electron chi connectivity index (χ1n) is 48.2. The molecule has 0 amide bonds. The number of carbonyl (C=O) groups excluding carboxylic acids is 4. The van der Waals surface area contributed by atoms with Crippen molar-refractivity contribution in [2.75, 3.05) is 26.4 Å². The Hall–Kier alpha value is -2.53. The first-order valence-corrected chi connectivity index (χ1v) is 49.7. The molecule has 0 aromatic heterocycles. The van der Waals surface area contributed by atoms with Crippen molar-refractivity contribution in [1.82, 2.24) is 0 Å². The van der Waals surface area contributed by atoms with Gasteiger partial charge < -0.3 is 88.7 Å². The summed E-state index contributed by atoms with van der Waals surface area (Å²) in [6.07, 6.45) is 26.6. The van der Waals surface area contributed by atoms with Crippen molar-refractivity contribution >= 4 is 31.7 Å². The van der Waals surface area contributed by atoms with Gasteiger partial charge in [-0.3, -0.25) is 28.2 Å². The van der Waals surface area contributed by atoms with Gasteiger partial charge in [0.25, 0.3) is 0 Å². The number of aliphatic hydroxyl groups excluding tert-OH is 9. The summed E-state index contributed by atoms with van der Waals surface area (Å²) in [6, 6.07) is 0. The monoisotopic (exact) mass is 1710 g/mol. The van der Waals surface area contributed by atoms with E-state index in [1.807, 2.05) is 0 Å². The van der Waals surface area contributed by atoms with Gasteiger partial charge in [0.15, 0.2) is 24.8 Å². The third kappa shape index (κ3) is 50.6. The predicted octanol–water partition coefficient (Wildman–Crippen LogP) is 18.0. The normalized spacial score (nSPS) is 25.1. The van der Waals surface area contributed by atoms with Crippen molar-refractivity contribution in [2.24, 2.45) is 5.92 Å². The molecule has 2 aliphatic heterocycles. The molecule has 0 aromatic rings. The Morgan fingerprint density at radius 2 is 0.636 bits per heavy atom. The summed E-state index contributed by atoms with van der Waals surface area (Å²) in [5.74, 6) is -2.31. The Morgan fingerprint density at radius 1 is 0.331 bits per heavy atom. The number of carbonyl (C=O) groups is 4. The lowest BCUT2D eigenvalue weighted by Crippen LogP contribution is -2.70. The standard InChI is InChI=1S/C92H173O25P/c1-6-10-14-18-22-25-28-31-33-36-38-41-44-51-57-63-75(94)108-68-72(111-77(96)65-59-53-46-43-40-35-30-27-24-20-16-12-8-3)69-110-118(106,107)117-90-88(115-91-85(104)81(100)79(98)73(67-93)112-91)84(103)83(102)87(114-78(97)66-60-54-48-47-50-56-62-71(5)61-55-49-21-17-13-9-4)89(90)116-92-86(105)82(101)80(99)74(113-92)70-109-76(95)64-58-52-45-42-39-37-34-32-29-26-23-19-15-11-7-2/h71-74,79-93,98-105H,6-70H2,1-5H3,(H,106,107). The van der Waals surface area contributed by atoms with Crippen LogP contribution in [0.4, 0.5) is 0 Å². The van der Waals surface area contributed by atoms with E-state index in [1.54, 1.807) is 0 Å². The minimum absolute atomic E-state index is 0.0197. The molecule has 0 radical (unpaired) electrons. The maximum atomic E-state index is 14.9. The van der Waals surface area contributed by atoms with Crippen LogP contribution in [0.2, 0.25) is 0 Å². The minimum Gasteiger partial charge on any atom is -0.463 e. The van der Waals surface area contributed by atoms with Gasteiger partial charge in [-0.15, -0.1) is 0 Å². The molecule has 0 aromatic carbocycles. The van der Waals surface area contributed by atoms with Crippen LogP contribution in [-0.2, 0) is 70.7 Å². The van der Waals surface area contributed by atoms with E-state index in [0.29, 0.717) is 38.0 Å². The highest BCUT2D eigenvalue weighted by Gasteiger charge is 2.60. The molecule has 25 nitrogen and oxygen atoms in total. The third-order valence-corrected chi connectivity index (χ3v) is 25.0. The largest absolute Gasteiger partial charge is 0.472 e. The second-order valence-electron chi connectivity index (χ2n) is 34.9. The highest BCUT2D eigenvalue weighted by molar-refractivity contribution is 7.47. The van der Waals surface area contributed by atoms with Crippen LogP contribution < -0.4 is 0 Å². The summed E-state index contributed by atoms with van der Waals surface area (Å²) >= 11 is 0. The lowest BCUT2D eigenvalue weighted by atomic mass is 9.84. The van der Waals surface area contributed by atoms with E-state index in [2.05, 4.69) is 34.6 Å². The molecule has 2 heterocycles. The van der Waals surface area contributed by atoms with Crippen molar-refractivity contribution in [3.8, 4) is 0 Å². The number of hydrogen-bond acceptors (Lipinski definition) is 24. The van der Waals surface area contributed by atoms with Gasteiger partial charge in [0.05, 0.1) is 13.2 Å². The van der Waals surface area contributed by atoms with E-state index in [0.717, 1.165) is 128 Å². The molecule has 19 atom stereocenters. The van der Waals surface area contributed by atoms with Gasteiger partial charge in [-0.2, -0.15) is 0 Å². The van der Waals surface area contributed by atoms with Gasteiger partial charge in [0.1, 0.15) is 92.6 Å². The fraction of sp³-hybridized carbons (Fsp3) is 0.957. The second kappa shape index (κ2) is 70.6. The van der Waals surface area contributed by atoms with Crippen molar-refractivity contribution in [2.45, 2.75) is 530 Å². The number of ether oxygens (including phenoxy) is 8. The number of phosphoric ester groups is 1. The van der Waals surface area contributed by atoms with Gasteiger partial charge in [0.2, 0.25) is 0 Å². The minimum atomic E-state index is -5.80. The molecule has 118 heavy (non-hydrogen) atoms.